The van der Waals surface area contributed by atoms with Gasteiger partial charge in [0.2, 0.25) is 5.91 Å². The van der Waals surface area contributed by atoms with Crippen molar-refractivity contribution >= 4 is 5.91 Å². The molecule has 0 N–H and O–H groups in total. The number of hydrogen-bond donors (Lipinski definition) is 0. The molecule has 1 aliphatic heterocycles. The summed E-state index contributed by atoms with van der Waals surface area (Å²) in [5, 5.41) is 9.00. The third-order valence-electron chi connectivity index (χ3n) is 9.04. The predicted molar refractivity (Wildman–Crippen MR) is 130 cm³/mol. The number of amides is 1. The Morgan fingerprint density at radius 3 is 2.24 bits per heavy atom. The Labute approximate surface area is 202 Å². The number of nitriles is 1. The second-order valence-electron chi connectivity index (χ2n) is 11.6. The summed E-state index contributed by atoms with van der Waals surface area (Å²) in [5.41, 5.74) is 3.38. The largest absolute Gasteiger partial charge is 0.340 e. The third-order valence-corrected chi connectivity index (χ3v) is 9.04. The first-order chi connectivity index (χ1) is 16.6. The van der Waals surface area contributed by atoms with Gasteiger partial charge in [-0.05, 0) is 79.4 Å². The summed E-state index contributed by atoms with van der Waals surface area (Å²) < 4.78 is 2.19. The predicted octanol–water partition coefficient (Wildman–Crippen LogP) is 4.05. The molecule has 2 heterocycles. The van der Waals surface area contributed by atoms with Gasteiger partial charge in [-0.25, -0.2) is 4.98 Å². The molecule has 1 amide bonds. The molecule has 4 bridgehead atoms. The van der Waals surface area contributed by atoms with Crippen LogP contribution < -0.4 is 0 Å². The van der Waals surface area contributed by atoms with Crippen molar-refractivity contribution in [3.63, 3.8) is 0 Å². The van der Waals surface area contributed by atoms with Crippen molar-refractivity contribution in [3.8, 4) is 6.07 Å². The summed E-state index contributed by atoms with van der Waals surface area (Å²) in [6, 6.07) is 9.93. The van der Waals surface area contributed by atoms with Crippen LogP contribution in [0.1, 0.15) is 61.8 Å². The van der Waals surface area contributed by atoms with Crippen molar-refractivity contribution in [2.45, 2.75) is 58.0 Å². The number of rotatable bonds is 6. The Balaban J connectivity index is 1.02. The second kappa shape index (κ2) is 8.85. The fraction of sp³-hybridized carbons (Fsp3) is 0.607. The highest BCUT2D eigenvalue weighted by Crippen LogP contribution is 2.61. The van der Waals surface area contributed by atoms with Gasteiger partial charge >= 0.3 is 0 Å². The van der Waals surface area contributed by atoms with E-state index in [4.69, 9.17) is 5.26 Å². The van der Waals surface area contributed by atoms with E-state index in [9.17, 15) is 4.79 Å². The molecule has 1 aromatic heterocycles. The lowest BCUT2D eigenvalue weighted by Crippen LogP contribution is -2.52. The second-order valence-corrected chi connectivity index (χ2v) is 11.6. The molecular weight excluding hydrogens is 422 g/mol. The maximum absolute atomic E-state index is 13.3. The zero-order valence-corrected chi connectivity index (χ0v) is 20.0. The van der Waals surface area contributed by atoms with Crippen molar-refractivity contribution in [1.29, 1.82) is 5.26 Å². The number of imidazole rings is 1. The van der Waals surface area contributed by atoms with Crippen LogP contribution >= 0.6 is 0 Å². The zero-order valence-electron chi connectivity index (χ0n) is 20.0. The van der Waals surface area contributed by atoms with Gasteiger partial charge in [-0.3, -0.25) is 9.69 Å². The van der Waals surface area contributed by atoms with E-state index in [-0.39, 0.29) is 0 Å². The van der Waals surface area contributed by atoms with Crippen LogP contribution in [0.5, 0.6) is 0 Å². The minimum absolute atomic E-state index is 0.334. The molecule has 178 valence electrons. The Bertz CT molecular complexity index is 1040. The average Bonchev–Trinajstić information content (AvgIpc) is 3.25. The van der Waals surface area contributed by atoms with Crippen LogP contribution in [0.15, 0.2) is 36.8 Å². The molecule has 0 atom stereocenters. The van der Waals surface area contributed by atoms with E-state index in [1.165, 1.54) is 49.8 Å². The molecule has 0 radical (unpaired) electrons. The smallest absolute Gasteiger partial charge is 0.223 e. The Morgan fingerprint density at radius 2 is 1.62 bits per heavy atom. The first-order valence-electron chi connectivity index (χ1n) is 13.1. The van der Waals surface area contributed by atoms with E-state index in [2.05, 4.69) is 25.4 Å². The Kier molecular flexibility index (Phi) is 5.69. The van der Waals surface area contributed by atoms with E-state index < -0.39 is 0 Å². The monoisotopic (exact) mass is 457 g/mol. The minimum atomic E-state index is 0.334. The van der Waals surface area contributed by atoms with Gasteiger partial charge in [0, 0.05) is 51.9 Å². The standard InChI is InChI=1S/C28H35N5O/c29-16-21-1-3-22(4-2-21)18-33-20-30-17-26(33)19-31-5-7-32(8-6-31)27(34)15-28-12-23-9-24(13-28)11-25(10-23)14-28/h1-4,17,20,23-25H,5-15,18-19H2. The van der Waals surface area contributed by atoms with E-state index in [1.54, 1.807) is 0 Å². The van der Waals surface area contributed by atoms with E-state index in [1.807, 2.05) is 36.8 Å². The molecule has 5 aliphatic rings. The lowest BCUT2D eigenvalue weighted by molar-refractivity contribution is -0.141. The molecule has 0 unspecified atom stereocenters. The van der Waals surface area contributed by atoms with E-state index >= 15 is 0 Å². The molecule has 2 aromatic rings. The summed E-state index contributed by atoms with van der Waals surface area (Å²) in [6.45, 7) is 5.14. The highest BCUT2D eigenvalue weighted by Gasteiger charge is 2.51. The number of carbonyl (C=O) groups is 1. The molecule has 7 rings (SSSR count). The van der Waals surface area contributed by atoms with Gasteiger partial charge in [-0.15, -0.1) is 0 Å². The first-order valence-corrected chi connectivity index (χ1v) is 13.1. The summed E-state index contributed by atoms with van der Waals surface area (Å²) in [5.74, 6) is 3.13. The molecule has 6 nitrogen and oxygen atoms in total. The van der Waals surface area contributed by atoms with E-state index in [0.717, 1.165) is 63.4 Å². The van der Waals surface area contributed by atoms with Gasteiger partial charge in [-0.1, -0.05) is 12.1 Å². The maximum atomic E-state index is 13.3. The Morgan fingerprint density at radius 1 is 0.971 bits per heavy atom. The van der Waals surface area contributed by atoms with Gasteiger partial charge < -0.3 is 9.47 Å². The van der Waals surface area contributed by atoms with Crippen LogP contribution in [-0.2, 0) is 17.9 Å². The van der Waals surface area contributed by atoms with Gasteiger partial charge in [0.1, 0.15) is 0 Å². The van der Waals surface area contributed by atoms with Gasteiger partial charge in [0.05, 0.1) is 23.7 Å². The normalized spacial score (nSPS) is 30.4. The quantitative estimate of drug-likeness (QED) is 0.656. The Hall–Kier alpha value is -2.65. The van der Waals surface area contributed by atoms with Crippen LogP contribution in [0, 0.1) is 34.5 Å². The van der Waals surface area contributed by atoms with Crippen molar-refractivity contribution in [2.24, 2.45) is 23.2 Å². The molecule has 1 saturated heterocycles. The van der Waals surface area contributed by atoms with E-state index in [0.29, 0.717) is 16.9 Å². The number of piperazine rings is 1. The topological polar surface area (TPSA) is 65.2 Å². The maximum Gasteiger partial charge on any atom is 0.223 e. The fourth-order valence-corrected chi connectivity index (χ4v) is 7.83. The highest BCUT2D eigenvalue weighted by molar-refractivity contribution is 5.77. The van der Waals surface area contributed by atoms with Crippen molar-refractivity contribution in [1.82, 2.24) is 19.4 Å². The molecule has 0 spiro atoms. The number of hydrogen-bond acceptors (Lipinski definition) is 4. The van der Waals surface area contributed by atoms with Crippen LogP contribution in [0.2, 0.25) is 0 Å². The summed E-state index contributed by atoms with van der Waals surface area (Å²) in [4.78, 5) is 22.3. The van der Waals surface area contributed by atoms with Crippen LogP contribution in [-0.4, -0.2) is 51.4 Å². The molecule has 6 heteroatoms. The van der Waals surface area contributed by atoms with Crippen LogP contribution in [0.3, 0.4) is 0 Å². The summed E-state index contributed by atoms with van der Waals surface area (Å²) >= 11 is 0. The third kappa shape index (κ3) is 4.38. The zero-order chi connectivity index (χ0) is 23.1. The molecular formula is C28H35N5O. The highest BCUT2D eigenvalue weighted by atomic mass is 16.2. The fourth-order valence-electron chi connectivity index (χ4n) is 7.83. The van der Waals surface area contributed by atoms with Crippen LogP contribution in [0.25, 0.3) is 0 Å². The minimum Gasteiger partial charge on any atom is -0.340 e. The van der Waals surface area contributed by atoms with Crippen molar-refractivity contribution in [2.75, 3.05) is 26.2 Å². The number of benzene rings is 1. The molecule has 4 saturated carbocycles. The van der Waals surface area contributed by atoms with Crippen LogP contribution in [0.4, 0.5) is 0 Å². The number of aromatic nitrogens is 2. The molecule has 1 aromatic carbocycles. The average molecular weight is 458 g/mol. The lowest BCUT2D eigenvalue weighted by atomic mass is 9.49. The molecule has 34 heavy (non-hydrogen) atoms. The first kappa shape index (κ1) is 21.9. The van der Waals surface area contributed by atoms with Gasteiger partial charge in [0.15, 0.2) is 0 Å². The summed E-state index contributed by atoms with van der Waals surface area (Å²) in [7, 11) is 0. The summed E-state index contributed by atoms with van der Waals surface area (Å²) in [6.07, 6.45) is 12.9. The van der Waals surface area contributed by atoms with Crippen molar-refractivity contribution < 1.29 is 4.79 Å². The molecule has 5 fully saturated rings. The SMILES string of the molecule is N#Cc1ccc(Cn2cncc2CN2CCN(C(=O)CC34CC5CC(CC(C5)C3)C4)CC2)cc1. The van der Waals surface area contributed by atoms with Gasteiger partial charge in [-0.2, -0.15) is 5.26 Å². The number of nitrogens with zero attached hydrogens (tertiary/aromatic N) is 5. The van der Waals surface area contributed by atoms with Gasteiger partial charge in [0.25, 0.3) is 0 Å². The number of carbonyl (C=O) groups excluding carboxylic acids is 1. The van der Waals surface area contributed by atoms with Crippen molar-refractivity contribution in [3.05, 3.63) is 53.6 Å². The molecule has 4 aliphatic carbocycles. The lowest BCUT2D eigenvalue weighted by Gasteiger charge is -2.57.